The lowest BCUT2D eigenvalue weighted by Crippen LogP contribution is -2.44. The molecule has 1 aromatic rings. The van der Waals surface area contributed by atoms with Gasteiger partial charge in [-0.1, -0.05) is 18.2 Å². The number of amides is 3. The van der Waals surface area contributed by atoms with Crippen molar-refractivity contribution in [1.82, 2.24) is 5.32 Å². The van der Waals surface area contributed by atoms with E-state index in [2.05, 4.69) is 5.32 Å². The largest absolute Gasteiger partial charge is 0.449 e. The number of benzene rings is 1. The van der Waals surface area contributed by atoms with Crippen molar-refractivity contribution in [3.63, 3.8) is 0 Å². The molecule has 0 atom stereocenters. The van der Waals surface area contributed by atoms with E-state index in [0.717, 1.165) is 4.90 Å². The van der Waals surface area contributed by atoms with E-state index in [1.54, 1.807) is 38.1 Å². The van der Waals surface area contributed by atoms with Crippen molar-refractivity contribution in [2.75, 3.05) is 18.1 Å². The molecule has 0 unspecified atom stereocenters. The Hall–Kier alpha value is -2.04. The number of imide groups is 1. The minimum Gasteiger partial charge on any atom is -0.449 e. The fraction of sp³-hybridized carbons (Fsp3) is 0.333. The SMILES string of the molecule is CCNC(=O)N(C(=O)OCC)c1ccccc1. The number of nitrogens with one attached hydrogen (secondary N) is 1. The number of nitrogens with zero attached hydrogens (tertiary/aromatic N) is 1. The normalized spacial score (nSPS) is 9.53. The molecule has 0 saturated carbocycles. The van der Waals surface area contributed by atoms with Crippen LogP contribution in [0.15, 0.2) is 30.3 Å². The Labute approximate surface area is 100 Å². The van der Waals surface area contributed by atoms with E-state index in [1.807, 2.05) is 6.07 Å². The van der Waals surface area contributed by atoms with Gasteiger partial charge in [0.25, 0.3) is 0 Å². The number of para-hydroxylation sites is 1. The van der Waals surface area contributed by atoms with Gasteiger partial charge in [0, 0.05) is 6.54 Å². The topological polar surface area (TPSA) is 58.6 Å². The van der Waals surface area contributed by atoms with Crippen molar-refractivity contribution in [1.29, 1.82) is 0 Å². The molecule has 0 aliphatic rings. The molecule has 0 heterocycles. The second-order valence-electron chi connectivity index (χ2n) is 3.21. The summed E-state index contributed by atoms with van der Waals surface area (Å²) in [5.74, 6) is 0. The van der Waals surface area contributed by atoms with Crippen LogP contribution in [0, 0.1) is 0 Å². The number of hydrogen-bond donors (Lipinski definition) is 1. The quantitative estimate of drug-likeness (QED) is 0.876. The second kappa shape index (κ2) is 6.52. The monoisotopic (exact) mass is 236 g/mol. The third-order valence-corrected chi connectivity index (χ3v) is 2.00. The number of ether oxygens (including phenoxy) is 1. The fourth-order valence-electron chi connectivity index (χ4n) is 1.30. The Morgan fingerprint density at radius 3 is 2.41 bits per heavy atom. The van der Waals surface area contributed by atoms with E-state index in [0.29, 0.717) is 12.2 Å². The zero-order valence-electron chi connectivity index (χ0n) is 9.97. The zero-order chi connectivity index (χ0) is 12.7. The summed E-state index contributed by atoms with van der Waals surface area (Å²) >= 11 is 0. The van der Waals surface area contributed by atoms with E-state index >= 15 is 0 Å². The van der Waals surface area contributed by atoms with Gasteiger partial charge in [-0.05, 0) is 26.0 Å². The van der Waals surface area contributed by atoms with E-state index < -0.39 is 12.1 Å². The molecule has 92 valence electrons. The zero-order valence-corrected chi connectivity index (χ0v) is 9.97. The molecule has 3 amide bonds. The van der Waals surface area contributed by atoms with Crippen LogP contribution in [-0.2, 0) is 4.74 Å². The average Bonchev–Trinajstić information content (AvgIpc) is 2.31. The third kappa shape index (κ3) is 3.48. The van der Waals surface area contributed by atoms with E-state index in [1.165, 1.54) is 0 Å². The van der Waals surface area contributed by atoms with Gasteiger partial charge in [0.15, 0.2) is 0 Å². The van der Waals surface area contributed by atoms with Gasteiger partial charge in [0.05, 0.1) is 12.3 Å². The number of carbonyl (C=O) groups excluding carboxylic acids is 2. The molecule has 1 N–H and O–H groups in total. The maximum atomic E-state index is 11.8. The Morgan fingerprint density at radius 1 is 1.24 bits per heavy atom. The van der Waals surface area contributed by atoms with Crippen molar-refractivity contribution in [2.45, 2.75) is 13.8 Å². The highest BCUT2D eigenvalue weighted by Crippen LogP contribution is 2.14. The first-order valence-corrected chi connectivity index (χ1v) is 5.50. The molecule has 0 aromatic heterocycles. The summed E-state index contributed by atoms with van der Waals surface area (Å²) in [6.45, 7) is 4.15. The van der Waals surface area contributed by atoms with Gasteiger partial charge in [0.1, 0.15) is 0 Å². The Morgan fingerprint density at radius 2 is 1.88 bits per heavy atom. The summed E-state index contributed by atoms with van der Waals surface area (Å²) < 4.78 is 4.85. The Kier molecular flexibility index (Phi) is 5.00. The van der Waals surface area contributed by atoms with Crippen LogP contribution >= 0.6 is 0 Å². The molecule has 0 aliphatic carbocycles. The van der Waals surface area contributed by atoms with Crippen molar-refractivity contribution >= 4 is 17.8 Å². The minimum atomic E-state index is -0.676. The number of carbonyl (C=O) groups is 2. The summed E-state index contributed by atoms with van der Waals surface area (Å²) in [7, 11) is 0. The van der Waals surface area contributed by atoms with Crippen LogP contribution in [0.1, 0.15) is 13.8 Å². The number of rotatable bonds is 3. The van der Waals surface area contributed by atoms with Crippen LogP contribution in [0.3, 0.4) is 0 Å². The Balaban J connectivity index is 2.94. The summed E-state index contributed by atoms with van der Waals surface area (Å²) in [6, 6.07) is 8.17. The maximum absolute atomic E-state index is 11.8. The lowest BCUT2D eigenvalue weighted by atomic mass is 10.3. The predicted octanol–water partition coefficient (Wildman–Crippen LogP) is 2.38. The van der Waals surface area contributed by atoms with Crippen LogP contribution in [0.25, 0.3) is 0 Å². The van der Waals surface area contributed by atoms with E-state index in [-0.39, 0.29) is 6.61 Å². The molecule has 0 spiro atoms. The van der Waals surface area contributed by atoms with Gasteiger partial charge in [0.2, 0.25) is 0 Å². The number of urea groups is 1. The lowest BCUT2D eigenvalue weighted by Gasteiger charge is -2.20. The first kappa shape index (κ1) is 13.0. The van der Waals surface area contributed by atoms with Gasteiger partial charge in [-0.15, -0.1) is 0 Å². The summed E-state index contributed by atoms with van der Waals surface area (Å²) in [5.41, 5.74) is 0.483. The molecule has 17 heavy (non-hydrogen) atoms. The molecule has 0 saturated heterocycles. The standard InChI is InChI=1S/C12H16N2O3/c1-3-13-11(15)14(12(16)17-4-2)10-8-6-5-7-9-10/h5-9H,3-4H2,1-2H3,(H,13,15). The smallest absolute Gasteiger partial charge is 0.422 e. The highest BCUT2D eigenvalue weighted by atomic mass is 16.6. The van der Waals surface area contributed by atoms with Gasteiger partial charge in [-0.2, -0.15) is 4.90 Å². The van der Waals surface area contributed by atoms with Gasteiger partial charge < -0.3 is 10.1 Å². The highest BCUT2D eigenvalue weighted by molar-refractivity contribution is 6.11. The van der Waals surface area contributed by atoms with E-state index in [4.69, 9.17) is 4.74 Å². The van der Waals surface area contributed by atoms with Gasteiger partial charge in [-0.3, -0.25) is 0 Å². The third-order valence-electron chi connectivity index (χ3n) is 2.00. The molecule has 5 heteroatoms. The summed E-state index contributed by atoms with van der Waals surface area (Å²) in [4.78, 5) is 24.5. The van der Waals surface area contributed by atoms with Crippen molar-refractivity contribution < 1.29 is 14.3 Å². The van der Waals surface area contributed by atoms with Crippen LogP contribution in [-0.4, -0.2) is 25.3 Å². The molecular weight excluding hydrogens is 220 g/mol. The van der Waals surface area contributed by atoms with Gasteiger partial charge in [-0.25, -0.2) is 9.59 Å². The van der Waals surface area contributed by atoms with Crippen molar-refractivity contribution in [2.24, 2.45) is 0 Å². The van der Waals surface area contributed by atoms with Crippen LogP contribution in [0.2, 0.25) is 0 Å². The molecule has 1 aromatic carbocycles. The molecule has 0 aliphatic heterocycles. The molecule has 0 bridgehead atoms. The minimum absolute atomic E-state index is 0.224. The summed E-state index contributed by atoms with van der Waals surface area (Å²) in [5, 5.41) is 2.57. The average molecular weight is 236 g/mol. The molecular formula is C12H16N2O3. The van der Waals surface area contributed by atoms with E-state index in [9.17, 15) is 9.59 Å². The first-order valence-electron chi connectivity index (χ1n) is 5.50. The van der Waals surface area contributed by atoms with Crippen LogP contribution in [0.5, 0.6) is 0 Å². The molecule has 0 fully saturated rings. The Bertz CT molecular complexity index is 361. The first-order chi connectivity index (χ1) is 8.20. The second-order valence-corrected chi connectivity index (χ2v) is 3.21. The summed E-state index contributed by atoms with van der Waals surface area (Å²) in [6.07, 6.45) is -0.676. The van der Waals surface area contributed by atoms with Crippen LogP contribution in [0.4, 0.5) is 15.3 Å². The molecule has 1 rings (SSSR count). The molecule has 0 radical (unpaired) electrons. The van der Waals surface area contributed by atoms with Crippen LogP contribution < -0.4 is 10.2 Å². The highest BCUT2D eigenvalue weighted by Gasteiger charge is 2.23. The maximum Gasteiger partial charge on any atom is 0.422 e. The van der Waals surface area contributed by atoms with Crippen molar-refractivity contribution in [3.8, 4) is 0 Å². The van der Waals surface area contributed by atoms with Gasteiger partial charge >= 0.3 is 12.1 Å². The number of anilines is 1. The molecule has 5 nitrogen and oxygen atoms in total. The fourth-order valence-corrected chi connectivity index (χ4v) is 1.30. The lowest BCUT2D eigenvalue weighted by molar-refractivity contribution is 0.160. The van der Waals surface area contributed by atoms with Crippen molar-refractivity contribution in [3.05, 3.63) is 30.3 Å². The number of hydrogen-bond acceptors (Lipinski definition) is 3. The predicted molar refractivity (Wildman–Crippen MR) is 65.0 cm³/mol.